The summed E-state index contributed by atoms with van der Waals surface area (Å²) in [6.45, 7) is 2.03. The fourth-order valence-corrected chi connectivity index (χ4v) is 3.65. The number of aliphatic imine (C=N–C) groups is 1. The van der Waals surface area contributed by atoms with E-state index < -0.39 is 0 Å². The van der Waals surface area contributed by atoms with Crippen molar-refractivity contribution in [3.8, 4) is 0 Å². The summed E-state index contributed by atoms with van der Waals surface area (Å²) in [5.41, 5.74) is 3.19. The first-order valence-electron chi connectivity index (χ1n) is 8.65. The predicted molar refractivity (Wildman–Crippen MR) is 104 cm³/mol. The molecule has 2 aliphatic heterocycles. The summed E-state index contributed by atoms with van der Waals surface area (Å²) in [5.74, 6) is 1.38. The van der Waals surface area contributed by atoms with Crippen LogP contribution in [0, 0.1) is 0 Å². The number of guanidine groups is 1. The van der Waals surface area contributed by atoms with Crippen LogP contribution in [0.1, 0.15) is 31.4 Å². The number of nitrogens with one attached hydrogen (secondary N) is 2. The third-order valence-corrected chi connectivity index (χ3v) is 4.88. The largest absolute Gasteiger partial charge is 0.466 e. The molecule has 0 fully saturated rings. The lowest BCUT2D eigenvalue weighted by Gasteiger charge is -2.30. The van der Waals surface area contributed by atoms with E-state index in [1.165, 1.54) is 18.1 Å². The molecule has 26 heavy (non-hydrogen) atoms. The quantitative estimate of drug-likeness (QED) is 0.805. The van der Waals surface area contributed by atoms with Crippen LogP contribution in [0.15, 0.2) is 71.5 Å². The highest BCUT2D eigenvalue weighted by Crippen LogP contribution is 2.35. The van der Waals surface area contributed by atoms with Crippen LogP contribution >= 0.6 is 11.6 Å². The summed E-state index contributed by atoms with van der Waals surface area (Å²) in [6.07, 6.45) is 13.0. The molecule has 2 atom stereocenters. The maximum Gasteiger partial charge on any atom is 0.197 e. The molecule has 0 saturated heterocycles. The van der Waals surface area contributed by atoms with Crippen molar-refractivity contribution in [2.24, 2.45) is 4.99 Å². The van der Waals surface area contributed by atoms with Gasteiger partial charge in [0.15, 0.2) is 11.7 Å². The molecule has 0 amide bonds. The lowest BCUT2D eigenvalue weighted by atomic mass is 9.96. The smallest absolute Gasteiger partial charge is 0.197 e. The van der Waals surface area contributed by atoms with Gasteiger partial charge in [0.25, 0.3) is 0 Å². The Labute approximate surface area is 157 Å². The van der Waals surface area contributed by atoms with E-state index in [2.05, 4.69) is 28.9 Å². The Morgan fingerprint density at radius 2 is 2.27 bits per heavy atom. The van der Waals surface area contributed by atoms with E-state index in [4.69, 9.17) is 26.1 Å². The van der Waals surface area contributed by atoms with Crippen molar-refractivity contribution in [2.75, 3.05) is 5.32 Å². The van der Waals surface area contributed by atoms with Gasteiger partial charge in [0.1, 0.15) is 24.8 Å². The van der Waals surface area contributed by atoms with Crippen LogP contribution in [-0.4, -0.2) is 12.0 Å². The fourth-order valence-electron chi connectivity index (χ4n) is 3.32. The summed E-state index contributed by atoms with van der Waals surface area (Å²) in [4.78, 5) is 4.74. The number of fused-ring (bicyclic) bond motifs is 1. The number of halogens is 1. The van der Waals surface area contributed by atoms with Gasteiger partial charge < -0.3 is 20.1 Å². The van der Waals surface area contributed by atoms with E-state index in [1.54, 1.807) is 6.26 Å². The Balaban J connectivity index is 1.61. The molecule has 5 nitrogen and oxygen atoms in total. The van der Waals surface area contributed by atoms with E-state index in [-0.39, 0.29) is 12.1 Å². The topological polar surface area (TPSA) is 54.9 Å². The zero-order chi connectivity index (χ0) is 17.9. The molecular weight excluding hydrogens is 350 g/mol. The lowest BCUT2D eigenvalue weighted by molar-refractivity contribution is 0.238. The number of allylic oxidation sites excluding steroid dienone is 3. The zero-order valence-electron chi connectivity index (χ0n) is 14.4. The van der Waals surface area contributed by atoms with E-state index in [0.717, 1.165) is 29.1 Å². The molecule has 0 radical (unpaired) electrons. The minimum absolute atomic E-state index is 0.0410. The average molecular weight is 370 g/mol. The molecule has 1 aromatic carbocycles. The van der Waals surface area contributed by atoms with Crippen molar-refractivity contribution < 1.29 is 9.47 Å². The highest BCUT2D eigenvalue weighted by molar-refractivity contribution is 6.32. The van der Waals surface area contributed by atoms with Crippen LogP contribution < -0.4 is 10.6 Å². The van der Waals surface area contributed by atoms with Crippen molar-refractivity contribution in [3.63, 3.8) is 0 Å². The normalized spacial score (nSPS) is 21.9. The molecule has 0 saturated carbocycles. The number of anilines is 1. The second-order valence-corrected chi connectivity index (χ2v) is 6.72. The Kier molecular flexibility index (Phi) is 4.71. The number of rotatable bonds is 3. The van der Waals surface area contributed by atoms with Gasteiger partial charge in [0, 0.05) is 16.3 Å². The van der Waals surface area contributed by atoms with Gasteiger partial charge in [-0.05, 0) is 37.5 Å². The molecule has 2 heterocycles. The van der Waals surface area contributed by atoms with Crippen LogP contribution in [0.5, 0.6) is 0 Å². The Bertz CT molecular complexity index is 855. The van der Waals surface area contributed by atoms with Gasteiger partial charge >= 0.3 is 0 Å². The summed E-state index contributed by atoms with van der Waals surface area (Å²) in [7, 11) is 0. The molecule has 6 heteroatoms. The molecule has 1 aromatic rings. The first kappa shape index (κ1) is 16.8. The third-order valence-electron chi connectivity index (χ3n) is 4.55. The summed E-state index contributed by atoms with van der Waals surface area (Å²) < 4.78 is 11.0. The van der Waals surface area contributed by atoms with Crippen molar-refractivity contribution in [1.82, 2.24) is 5.32 Å². The van der Waals surface area contributed by atoms with Gasteiger partial charge in [-0.1, -0.05) is 35.9 Å². The number of nitrogens with zero attached hydrogens (tertiary/aromatic N) is 1. The second-order valence-electron chi connectivity index (χ2n) is 6.31. The maximum atomic E-state index is 6.33. The molecule has 0 bridgehead atoms. The molecule has 3 aliphatic rings. The van der Waals surface area contributed by atoms with Gasteiger partial charge in [0.05, 0.1) is 6.04 Å². The van der Waals surface area contributed by atoms with Gasteiger partial charge in [-0.2, -0.15) is 0 Å². The Morgan fingerprint density at radius 3 is 3.04 bits per heavy atom. The number of hydrogen-bond donors (Lipinski definition) is 2. The second kappa shape index (κ2) is 7.30. The van der Waals surface area contributed by atoms with E-state index in [0.29, 0.717) is 11.7 Å². The molecule has 1 aliphatic carbocycles. The first-order chi connectivity index (χ1) is 12.7. The van der Waals surface area contributed by atoms with Gasteiger partial charge in [-0.15, -0.1) is 0 Å². The first-order valence-corrected chi connectivity index (χ1v) is 9.03. The van der Waals surface area contributed by atoms with E-state index in [9.17, 15) is 0 Å². The maximum absolute atomic E-state index is 6.33. The van der Waals surface area contributed by atoms with Crippen LogP contribution in [0.4, 0.5) is 5.69 Å². The van der Waals surface area contributed by atoms with Crippen LogP contribution in [-0.2, 0) is 9.47 Å². The molecule has 2 N–H and O–H groups in total. The monoisotopic (exact) mass is 369 g/mol. The van der Waals surface area contributed by atoms with Gasteiger partial charge in [0.2, 0.25) is 0 Å². The molecule has 4 rings (SSSR count). The highest BCUT2D eigenvalue weighted by Gasteiger charge is 2.27. The third kappa shape index (κ3) is 3.35. The summed E-state index contributed by atoms with van der Waals surface area (Å²) in [5, 5.41) is 7.54. The van der Waals surface area contributed by atoms with Crippen LogP contribution in [0.25, 0.3) is 0 Å². The Morgan fingerprint density at radius 1 is 1.35 bits per heavy atom. The standard InChI is InChI=1S/C20H20ClN3O2/c1-13-18-15(21)8-5-9-16(18)23-20(22-13)24-19(14-6-3-2-4-7-14)17-12-25-10-11-26-17/h2-3,5-6,8-13,19H,4,7H2,1H3,(H2,22,23,24). The van der Waals surface area contributed by atoms with Crippen LogP contribution in [0.3, 0.4) is 0 Å². The number of hydrogen-bond acceptors (Lipinski definition) is 5. The minimum Gasteiger partial charge on any atom is -0.466 e. The fraction of sp³-hybridized carbons (Fsp3) is 0.250. The SMILES string of the molecule is CC1N=C(NC(C2=CC=CCC2)C2=COC=CO2)Nc2cccc(Cl)c21. The minimum atomic E-state index is -0.163. The molecule has 2 unspecified atom stereocenters. The number of benzene rings is 1. The van der Waals surface area contributed by atoms with Crippen molar-refractivity contribution in [2.45, 2.75) is 31.8 Å². The van der Waals surface area contributed by atoms with Crippen molar-refractivity contribution in [3.05, 3.63) is 77.1 Å². The van der Waals surface area contributed by atoms with E-state index in [1.807, 2.05) is 25.1 Å². The molecule has 0 aromatic heterocycles. The molecule has 134 valence electrons. The zero-order valence-corrected chi connectivity index (χ0v) is 15.2. The Hall–Kier alpha value is -2.66. The lowest BCUT2D eigenvalue weighted by Crippen LogP contribution is -2.43. The van der Waals surface area contributed by atoms with E-state index >= 15 is 0 Å². The summed E-state index contributed by atoms with van der Waals surface area (Å²) in [6, 6.07) is 5.62. The highest BCUT2D eigenvalue weighted by atomic mass is 35.5. The number of ether oxygens (including phenoxy) is 2. The van der Waals surface area contributed by atoms with Crippen LogP contribution in [0.2, 0.25) is 5.02 Å². The van der Waals surface area contributed by atoms with Crippen molar-refractivity contribution in [1.29, 1.82) is 0 Å². The van der Waals surface area contributed by atoms with Gasteiger partial charge in [-0.25, -0.2) is 4.99 Å². The van der Waals surface area contributed by atoms with Gasteiger partial charge in [-0.3, -0.25) is 0 Å². The molecular formula is C20H20ClN3O2. The summed E-state index contributed by atoms with van der Waals surface area (Å²) >= 11 is 6.33. The average Bonchev–Trinajstić information content (AvgIpc) is 2.67. The van der Waals surface area contributed by atoms with Crippen molar-refractivity contribution >= 4 is 23.2 Å². The molecule has 0 spiro atoms. The predicted octanol–water partition coefficient (Wildman–Crippen LogP) is 4.78.